The van der Waals surface area contributed by atoms with Crippen molar-refractivity contribution < 1.29 is 9.59 Å². The first kappa shape index (κ1) is 23.4. The lowest BCUT2D eigenvalue weighted by Gasteiger charge is -2.38. The van der Waals surface area contributed by atoms with Crippen LogP contribution in [-0.4, -0.2) is 60.9 Å². The molecule has 2 atom stereocenters. The number of rotatable bonds is 4. The number of benzene rings is 3. The third-order valence-corrected chi connectivity index (χ3v) is 7.51. The molecule has 5 rings (SSSR count). The quantitative estimate of drug-likeness (QED) is 0.528. The molecule has 5 nitrogen and oxygen atoms in total. The highest BCUT2D eigenvalue weighted by molar-refractivity contribution is 6.31. The van der Waals surface area contributed by atoms with Crippen LogP contribution in [0.2, 0.25) is 5.02 Å². The van der Waals surface area contributed by atoms with Gasteiger partial charge >= 0.3 is 0 Å². The van der Waals surface area contributed by atoms with Gasteiger partial charge in [0.25, 0.3) is 5.91 Å². The van der Waals surface area contributed by atoms with E-state index in [4.69, 9.17) is 11.6 Å². The molecule has 0 N–H and O–H groups in total. The fourth-order valence-corrected chi connectivity index (χ4v) is 5.57. The first-order valence-corrected chi connectivity index (χ1v) is 12.6. The van der Waals surface area contributed by atoms with Crippen LogP contribution >= 0.6 is 11.6 Å². The predicted octanol–water partition coefficient (Wildman–Crippen LogP) is 4.85. The summed E-state index contributed by atoms with van der Waals surface area (Å²) in [6.07, 6.45) is 0. The van der Waals surface area contributed by atoms with Crippen LogP contribution in [0.1, 0.15) is 27.4 Å². The van der Waals surface area contributed by atoms with Gasteiger partial charge in [-0.1, -0.05) is 66.2 Å². The Morgan fingerprint density at radius 3 is 2.23 bits per heavy atom. The summed E-state index contributed by atoms with van der Waals surface area (Å²) >= 11 is 6.13. The lowest BCUT2D eigenvalue weighted by molar-refractivity contribution is -0.135. The highest BCUT2D eigenvalue weighted by Crippen LogP contribution is 2.35. The second-order valence-electron chi connectivity index (χ2n) is 9.44. The molecule has 0 saturated carbocycles. The summed E-state index contributed by atoms with van der Waals surface area (Å²) in [6.45, 7) is 6.06. The lowest BCUT2D eigenvalue weighted by atomic mass is 9.88. The van der Waals surface area contributed by atoms with E-state index in [1.165, 1.54) is 11.3 Å². The van der Waals surface area contributed by atoms with E-state index in [0.29, 0.717) is 36.8 Å². The van der Waals surface area contributed by atoms with Crippen LogP contribution in [0.5, 0.6) is 0 Å². The van der Waals surface area contributed by atoms with E-state index in [0.717, 1.165) is 18.7 Å². The molecular formula is C29H30ClN3O2. The van der Waals surface area contributed by atoms with Gasteiger partial charge in [-0.05, 0) is 42.3 Å². The Morgan fingerprint density at radius 2 is 1.51 bits per heavy atom. The molecule has 0 aliphatic carbocycles. The summed E-state index contributed by atoms with van der Waals surface area (Å²) in [5, 5.41) is 0.536. The fraction of sp³-hybridized carbons (Fsp3) is 0.310. The molecule has 2 amide bonds. The van der Waals surface area contributed by atoms with Gasteiger partial charge in [0.2, 0.25) is 5.91 Å². The molecule has 2 heterocycles. The molecule has 0 radical (unpaired) electrons. The van der Waals surface area contributed by atoms with Crippen LogP contribution in [0.4, 0.5) is 5.69 Å². The van der Waals surface area contributed by atoms with Crippen molar-refractivity contribution in [1.82, 2.24) is 9.80 Å². The summed E-state index contributed by atoms with van der Waals surface area (Å²) in [4.78, 5) is 33.3. The van der Waals surface area contributed by atoms with Crippen molar-refractivity contribution in [3.63, 3.8) is 0 Å². The number of piperazine rings is 1. The number of nitrogens with zero attached hydrogens (tertiary/aromatic N) is 3. The molecule has 0 bridgehead atoms. The first-order valence-electron chi connectivity index (χ1n) is 12.2. The third kappa shape index (κ3) is 4.92. The van der Waals surface area contributed by atoms with Crippen molar-refractivity contribution in [3.8, 4) is 0 Å². The predicted molar refractivity (Wildman–Crippen MR) is 140 cm³/mol. The summed E-state index contributed by atoms with van der Waals surface area (Å²) in [5.41, 5.74) is 4.15. The number of anilines is 1. The number of aryl methyl sites for hydroxylation is 1. The number of carbonyl (C=O) groups is 2. The molecule has 2 fully saturated rings. The van der Waals surface area contributed by atoms with Gasteiger partial charge in [-0.2, -0.15) is 0 Å². The Kier molecular flexibility index (Phi) is 6.78. The molecular weight excluding hydrogens is 458 g/mol. The highest BCUT2D eigenvalue weighted by atomic mass is 35.5. The molecule has 2 aliphatic rings. The minimum absolute atomic E-state index is 0.0266. The Morgan fingerprint density at radius 1 is 0.800 bits per heavy atom. The van der Waals surface area contributed by atoms with Gasteiger partial charge in [0.15, 0.2) is 0 Å². The summed E-state index contributed by atoms with van der Waals surface area (Å²) < 4.78 is 0. The maximum absolute atomic E-state index is 13.8. The van der Waals surface area contributed by atoms with Gasteiger partial charge in [0.1, 0.15) is 0 Å². The molecule has 2 aliphatic heterocycles. The van der Waals surface area contributed by atoms with Crippen molar-refractivity contribution in [2.24, 2.45) is 5.92 Å². The van der Waals surface area contributed by atoms with Crippen LogP contribution in [0.15, 0.2) is 78.9 Å². The average Bonchev–Trinajstić information content (AvgIpc) is 3.34. The van der Waals surface area contributed by atoms with Crippen LogP contribution < -0.4 is 4.90 Å². The maximum Gasteiger partial charge on any atom is 0.253 e. The van der Waals surface area contributed by atoms with Crippen molar-refractivity contribution in [3.05, 3.63) is 101 Å². The van der Waals surface area contributed by atoms with Gasteiger partial charge in [-0.25, -0.2) is 0 Å². The van der Waals surface area contributed by atoms with Crippen LogP contribution in [0.3, 0.4) is 0 Å². The SMILES string of the molecule is Cc1ccccc1N1CCN(C(=O)C2CN(C(=O)c3cccc(Cl)c3)CC2c2ccccc2)CC1. The smallest absolute Gasteiger partial charge is 0.253 e. The van der Waals surface area contributed by atoms with Crippen molar-refractivity contribution >= 4 is 29.1 Å². The van der Waals surface area contributed by atoms with Crippen molar-refractivity contribution in [1.29, 1.82) is 0 Å². The van der Waals surface area contributed by atoms with Crippen molar-refractivity contribution in [2.75, 3.05) is 44.2 Å². The number of amides is 2. The van der Waals surface area contributed by atoms with Crippen LogP contribution in [0, 0.1) is 12.8 Å². The van der Waals surface area contributed by atoms with E-state index in [9.17, 15) is 9.59 Å². The largest absolute Gasteiger partial charge is 0.368 e. The third-order valence-electron chi connectivity index (χ3n) is 7.27. The molecule has 2 saturated heterocycles. The van der Waals surface area contributed by atoms with E-state index in [1.807, 2.05) is 28.0 Å². The second kappa shape index (κ2) is 10.1. The van der Waals surface area contributed by atoms with E-state index in [2.05, 4.69) is 48.2 Å². The number of hydrogen-bond acceptors (Lipinski definition) is 3. The number of halogens is 1. The first-order chi connectivity index (χ1) is 17.0. The normalized spacial score (nSPS) is 20.2. The molecule has 3 aromatic carbocycles. The zero-order chi connectivity index (χ0) is 24.4. The summed E-state index contributed by atoms with van der Waals surface area (Å²) in [7, 11) is 0. The molecule has 3 aromatic rings. The Bertz CT molecular complexity index is 1210. The molecule has 2 unspecified atom stereocenters. The highest BCUT2D eigenvalue weighted by Gasteiger charge is 2.42. The Hall–Kier alpha value is -3.31. The van der Waals surface area contributed by atoms with Gasteiger partial charge in [0, 0.05) is 61.5 Å². The van der Waals surface area contributed by atoms with Gasteiger partial charge in [-0.15, -0.1) is 0 Å². The molecule has 35 heavy (non-hydrogen) atoms. The maximum atomic E-state index is 13.8. The molecule has 0 spiro atoms. The standard InChI is InChI=1S/C29H30ClN3O2/c1-21-8-5-6-13-27(21)31-14-16-32(17-15-31)29(35)26-20-33(19-25(26)22-9-3-2-4-10-22)28(34)23-11-7-12-24(30)18-23/h2-13,18,25-26H,14-17,19-20H2,1H3. The Labute approximate surface area is 211 Å². The molecule has 6 heteroatoms. The van der Waals surface area contributed by atoms with E-state index < -0.39 is 0 Å². The fourth-order valence-electron chi connectivity index (χ4n) is 5.38. The van der Waals surface area contributed by atoms with Crippen LogP contribution in [0.25, 0.3) is 0 Å². The molecule has 180 valence electrons. The molecule has 0 aromatic heterocycles. The Balaban J connectivity index is 1.33. The van der Waals surface area contributed by atoms with Crippen molar-refractivity contribution in [2.45, 2.75) is 12.8 Å². The number of para-hydroxylation sites is 1. The monoisotopic (exact) mass is 487 g/mol. The topological polar surface area (TPSA) is 43.9 Å². The average molecular weight is 488 g/mol. The lowest BCUT2D eigenvalue weighted by Crippen LogP contribution is -2.51. The van der Waals surface area contributed by atoms with Gasteiger partial charge in [-0.3, -0.25) is 9.59 Å². The van der Waals surface area contributed by atoms with Crippen LogP contribution in [-0.2, 0) is 4.79 Å². The number of likely N-dealkylation sites (tertiary alicyclic amines) is 1. The number of hydrogen-bond donors (Lipinski definition) is 0. The minimum atomic E-state index is -0.259. The summed E-state index contributed by atoms with van der Waals surface area (Å²) in [6, 6.07) is 25.5. The van der Waals surface area contributed by atoms with E-state index >= 15 is 0 Å². The van der Waals surface area contributed by atoms with Gasteiger partial charge in [0.05, 0.1) is 5.92 Å². The zero-order valence-corrected chi connectivity index (χ0v) is 20.7. The second-order valence-corrected chi connectivity index (χ2v) is 9.88. The minimum Gasteiger partial charge on any atom is -0.368 e. The van der Waals surface area contributed by atoms with E-state index in [1.54, 1.807) is 24.3 Å². The van der Waals surface area contributed by atoms with E-state index in [-0.39, 0.29) is 23.7 Å². The zero-order valence-electron chi connectivity index (χ0n) is 19.9. The van der Waals surface area contributed by atoms with Gasteiger partial charge < -0.3 is 14.7 Å². The number of carbonyl (C=O) groups excluding carboxylic acids is 2. The summed E-state index contributed by atoms with van der Waals surface area (Å²) in [5.74, 6) is -0.218.